The Morgan fingerprint density at radius 3 is 2.48 bits per heavy atom. The monoisotopic (exact) mass is 325 g/mol. The molecule has 9 heteroatoms. The SMILES string of the molecule is CC1(CNS(=O)(=O)N2CC3CCC(C2)O3)CC(F)(F)CN1. The number of morpholine rings is 1. The normalized spacial score (nSPS) is 39.8. The summed E-state index contributed by atoms with van der Waals surface area (Å²) in [5, 5.41) is 2.71. The minimum Gasteiger partial charge on any atom is -0.372 e. The molecule has 0 radical (unpaired) electrons. The Morgan fingerprint density at radius 1 is 1.33 bits per heavy atom. The second kappa shape index (κ2) is 5.09. The average molecular weight is 325 g/mol. The highest BCUT2D eigenvalue weighted by Gasteiger charge is 2.47. The number of ether oxygens (including phenoxy) is 1. The van der Waals surface area contributed by atoms with Crippen molar-refractivity contribution in [3.8, 4) is 0 Å². The molecular formula is C12H21F2N3O3S. The number of hydrogen-bond donors (Lipinski definition) is 2. The summed E-state index contributed by atoms with van der Waals surface area (Å²) in [7, 11) is -3.65. The molecule has 0 saturated carbocycles. The molecule has 0 aliphatic carbocycles. The van der Waals surface area contributed by atoms with Crippen molar-refractivity contribution in [3.05, 3.63) is 0 Å². The fourth-order valence-corrected chi connectivity index (χ4v) is 4.69. The van der Waals surface area contributed by atoms with Crippen molar-refractivity contribution < 1.29 is 21.9 Å². The molecule has 6 nitrogen and oxygen atoms in total. The van der Waals surface area contributed by atoms with Gasteiger partial charge >= 0.3 is 0 Å². The number of fused-ring (bicyclic) bond motifs is 2. The summed E-state index contributed by atoms with van der Waals surface area (Å²) in [6.45, 7) is 1.84. The largest absolute Gasteiger partial charge is 0.372 e. The quantitative estimate of drug-likeness (QED) is 0.767. The predicted octanol–water partition coefficient (Wildman–Crippen LogP) is 0.0713. The van der Waals surface area contributed by atoms with Gasteiger partial charge in [0.15, 0.2) is 0 Å². The first kappa shape index (κ1) is 15.5. The minimum absolute atomic E-state index is 0.0372. The van der Waals surface area contributed by atoms with E-state index >= 15 is 0 Å². The Morgan fingerprint density at radius 2 is 1.95 bits per heavy atom. The van der Waals surface area contributed by atoms with E-state index in [1.54, 1.807) is 6.92 Å². The van der Waals surface area contributed by atoms with Gasteiger partial charge in [-0.3, -0.25) is 0 Å². The van der Waals surface area contributed by atoms with Crippen LogP contribution in [0.1, 0.15) is 26.2 Å². The maximum atomic E-state index is 13.3. The van der Waals surface area contributed by atoms with E-state index in [4.69, 9.17) is 4.74 Å². The lowest BCUT2D eigenvalue weighted by atomic mass is 10.00. The van der Waals surface area contributed by atoms with Crippen molar-refractivity contribution >= 4 is 10.2 Å². The standard InChI is InChI=1S/C12H21F2N3O3S/c1-11(6-12(13,14)8-15-11)7-16-21(18,19)17-4-9-2-3-10(5-17)20-9/h9-10,15-16H,2-8H2,1H3. The van der Waals surface area contributed by atoms with E-state index < -0.39 is 28.2 Å². The molecule has 0 aromatic carbocycles. The van der Waals surface area contributed by atoms with Gasteiger partial charge in [-0.15, -0.1) is 0 Å². The highest BCUT2D eigenvalue weighted by molar-refractivity contribution is 7.87. The predicted molar refractivity (Wildman–Crippen MR) is 72.4 cm³/mol. The van der Waals surface area contributed by atoms with Gasteiger partial charge in [-0.2, -0.15) is 12.7 Å². The molecular weight excluding hydrogens is 304 g/mol. The summed E-state index contributed by atoms with van der Waals surface area (Å²) in [5.74, 6) is -2.78. The zero-order valence-electron chi connectivity index (χ0n) is 11.9. The Bertz CT molecular complexity index is 504. The van der Waals surface area contributed by atoms with Gasteiger partial charge in [0.2, 0.25) is 0 Å². The van der Waals surface area contributed by atoms with Crippen molar-refractivity contribution in [1.82, 2.24) is 14.3 Å². The highest BCUT2D eigenvalue weighted by Crippen LogP contribution is 2.32. The van der Waals surface area contributed by atoms with Crippen molar-refractivity contribution in [2.24, 2.45) is 0 Å². The lowest BCUT2D eigenvalue weighted by Gasteiger charge is -2.32. The number of alkyl halides is 2. The van der Waals surface area contributed by atoms with Crippen molar-refractivity contribution in [1.29, 1.82) is 0 Å². The summed E-state index contributed by atoms with van der Waals surface area (Å²) >= 11 is 0. The van der Waals surface area contributed by atoms with Crippen LogP contribution >= 0.6 is 0 Å². The Kier molecular flexibility index (Phi) is 3.77. The highest BCUT2D eigenvalue weighted by atomic mass is 32.2. The van der Waals surface area contributed by atoms with E-state index in [9.17, 15) is 17.2 Å². The first-order valence-corrected chi connectivity index (χ1v) is 8.65. The first-order valence-electron chi connectivity index (χ1n) is 7.21. The number of hydrogen-bond acceptors (Lipinski definition) is 4. The maximum Gasteiger partial charge on any atom is 0.279 e. The van der Waals surface area contributed by atoms with Crippen LogP contribution in [-0.4, -0.2) is 62.6 Å². The molecule has 0 aromatic rings. The lowest BCUT2D eigenvalue weighted by Crippen LogP contribution is -2.54. The van der Waals surface area contributed by atoms with Crippen molar-refractivity contribution in [2.75, 3.05) is 26.2 Å². The summed E-state index contributed by atoms with van der Waals surface area (Å²) in [6, 6.07) is 0. The molecule has 2 bridgehead atoms. The van der Waals surface area contributed by atoms with E-state index in [1.807, 2.05) is 0 Å². The fourth-order valence-electron chi connectivity index (χ4n) is 3.28. The van der Waals surface area contributed by atoms with Crippen LogP contribution in [0.4, 0.5) is 8.78 Å². The first-order chi connectivity index (χ1) is 9.68. The molecule has 3 atom stereocenters. The molecule has 3 saturated heterocycles. The maximum absolute atomic E-state index is 13.3. The summed E-state index contributed by atoms with van der Waals surface area (Å²) in [6.07, 6.45) is 1.32. The third-order valence-corrected chi connectivity index (χ3v) is 5.90. The van der Waals surface area contributed by atoms with Crippen molar-refractivity contribution in [3.63, 3.8) is 0 Å². The van der Waals surface area contributed by atoms with Gasteiger partial charge in [0.25, 0.3) is 16.1 Å². The fraction of sp³-hybridized carbons (Fsp3) is 1.00. The summed E-state index contributed by atoms with van der Waals surface area (Å²) < 4.78 is 60.6. The number of nitrogens with zero attached hydrogens (tertiary/aromatic N) is 1. The van der Waals surface area contributed by atoms with Crippen molar-refractivity contribution in [2.45, 2.75) is 49.9 Å². The van der Waals surface area contributed by atoms with Gasteiger partial charge in [-0.1, -0.05) is 0 Å². The molecule has 3 heterocycles. The van der Waals surface area contributed by atoms with E-state index in [-0.39, 0.29) is 25.2 Å². The molecule has 0 aromatic heterocycles. The molecule has 3 rings (SSSR count). The van der Waals surface area contributed by atoms with E-state index in [0.717, 1.165) is 12.8 Å². The summed E-state index contributed by atoms with van der Waals surface area (Å²) in [5.41, 5.74) is -0.915. The van der Waals surface area contributed by atoms with Crippen LogP contribution in [0.2, 0.25) is 0 Å². The third kappa shape index (κ3) is 3.37. The van der Waals surface area contributed by atoms with Gasteiger partial charge in [-0.25, -0.2) is 13.5 Å². The molecule has 0 spiro atoms. The second-order valence-electron chi connectivity index (χ2n) is 6.55. The Balaban J connectivity index is 1.59. The molecule has 3 aliphatic rings. The second-order valence-corrected chi connectivity index (χ2v) is 8.30. The van der Waals surface area contributed by atoms with Crippen LogP contribution in [0.3, 0.4) is 0 Å². The molecule has 2 N–H and O–H groups in total. The third-order valence-electron chi connectivity index (χ3n) is 4.42. The smallest absolute Gasteiger partial charge is 0.279 e. The molecule has 3 unspecified atom stereocenters. The number of rotatable bonds is 4. The molecule has 0 amide bonds. The lowest BCUT2D eigenvalue weighted by molar-refractivity contribution is -0.0118. The molecule has 21 heavy (non-hydrogen) atoms. The van der Waals surface area contributed by atoms with E-state index in [0.29, 0.717) is 13.1 Å². The number of halogens is 2. The van der Waals surface area contributed by atoms with Gasteiger partial charge in [0.1, 0.15) is 0 Å². The zero-order chi connectivity index (χ0) is 15.3. The van der Waals surface area contributed by atoms with E-state index in [2.05, 4.69) is 10.0 Å². The van der Waals surface area contributed by atoms with Crippen LogP contribution in [0.25, 0.3) is 0 Å². The molecule has 3 fully saturated rings. The number of nitrogens with one attached hydrogen (secondary N) is 2. The molecule has 122 valence electrons. The van der Waals surface area contributed by atoms with Crippen LogP contribution in [0.5, 0.6) is 0 Å². The van der Waals surface area contributed by atoms with E-state index in [1.165, 1.54) is 4.31 Å². The van der Waals surface area contributed by atoms with Crippen LogP contribution in [-0.2, 0) is 14.9 Å². The van der Waals surface area contributed by atoms with Gasteiger partial charge in [0, 0.05) is 31.6 Å². The van der Waals surface area contributed by atoms with Crippen LogP contribution in [0, 0.1) is 0 Å². The Labute approximate surface area is 123 Å². The van der Waals surface area contributed by atoms with Gasteiger partial charge < -0.3 is 10.1 Å². The minimum atomic E-state index is -3.65. The van der Waals surface area contributed by atoms with Crippen LogP contribution in [0.15, 0.2) is 0 Å². The van der Waals surface area contributed by atoms with Gasteiger partial charge in [-0.05, 0) is 19.8 Å². The summed E-state index contributed by atoms with van der Waals surface area (Å²) in [4.78, 5) is 0. The molecule has 3 aliphatic heterocycles. The Hall–Kier alpha value is -0.350. The zero-order valence-corrected chi connectivity index (χ0v) is 12.8. The average Bonchev–Trinajstić information content (AvgIpc) is 2.87. The topological polar surface area (TPSA) is 70.7 Å². The van der Waals surface area contributed by atoms with Gasteiger partial charge in [0.05, 0.1) is 18.8 Å². The van der Waals surface area contributed by atoms with Crippen LogP contribution < -0.4 is 10.0 Å².